The molecule has 0 bridgehead atoms. The Balaban J connectivity index is 1.01. The molecule has 0 atom stereocenters. The van der Waals surface area contributed by atoms with E-state index in [1.807, 2.05) is 36.4 Å². The summed E-state index contributed by atoms with van der Waals surface area (Å²) < 4.78 is 28.9. The minimum atomic E-state index is -0.639. The number of para-hydroxylation sites is 2. The maximum atomic E-state index is 13.8. The predicted octanol–water partition coefficient (Wildman–Crippen LogP) is 3.83. The summed E-state index contributed by atoms with van der Waals surface area (Å²) in [5.41, 5.74) is 11.9. The third-order valence-electron chi connectivity index (χ3n) is 9.57. The van der Waals surface area contributed by atoms with Crippen molar-refractivity contribution < 1.29 is 38.1 Å². The molecule has 0 unspecified atom stereocenters. The molecule has 2 aromatic carbocycles. The van der Waals surface area contributed by atoms with E-state index in [4.69, 9.17) is 41.6 Å². The fraction of sp³-hybridized carbons (Fsp3) is 0.378. The number of hydrogen-bond acceptors (Lipinski definition) is 16. The van der Waals surface area contributed by atoms with Crippen LogP contribution < -0.4 is 46.9 Å². The predicted molar refractivity (Wildman–Crippen MR) is 241 cm³/mol. The van der Waals surface area contributed by atoms with Gasteiger partial charge in [0.1, 0.15) is 60.1 Å². The SMILES string of the molecule is C#CCCC1(CCC(=O)NCCOCCOCCNCCOc2cc(C(=O)Nc3cc(OCCN)c4ccccc4n3)nc(C(=O)Nc3cc(OCCN)c4ccccc4n3)c2)N=N1. The molecule has 19 heteroatoms. The number of pyridine rings is 3. The van der Waals surface area contributed by atoms with Crippen LogP contribution in [0.25, 0.3) is 21.8 Å². The number of benzene rings is 2. The Morgan fingerprint density at radius 2 is 1.19 bits per heavy atom. The van der Waals surface area contributed by atoms with E-state index in [2.05, 4.69) is 52.4 Å². The fourth-order valence-electron chi connectivity index (χ4n) is 6.34. The van der Waals surface area contributed by atoms with Crippen molar-refractivity contribution in [3.05, 3.63) is 84.2 Å². The normalized spacial score (nSPS) is 12.4. The number of carbonyl (C=O) groups excluding carboxylic acids is 3. The van der Waals surface area contributed by atoms with E-state index in [0.29, 0.717) is 107 Å². The smallest absolute Gasteiger partial charge is 0.275 e. The topological polar surface area (TPSA) is 261 Å². The highest BCUT2D eigenvalue weighted by Gasteiger charge is 2.39. The lowest BCUT2D eigenvalue weighted by molar-refractivity contribution is -0.121. The second kappa shape index (κ2) is 24.1. The number of terminal acetylenes is 1. The fourth-order valence-corrected chi connectivity index (χ4v) is 6.34. The van der Waals surface area contributed by atoms with Crippen LogP contribution in [-0.4, -0.2) is 117 Å². The molecule has 0 saturated carbocycles. The van der Waals surface area contributed by atoms with Gasteiger partial charge in [0.2, 0.25) is 5.91 Å². The summed E-state index contributed by atoms with van der Waals surface area (Å²) in [5.74, 6) is 2.87. The molecule has 0 aliphatic carbocycles. The molecule has 0 spiro atoms. The molecule has 3 aromatic heterocycles. The van der Waals surface area contributed by atoms with Crippen LogP contribution in [0, 0.1) is 12.3 Å². The van der Waals surface area contributed by atoms with Gasteiger partial charge in [0, 0.05) is 93.4 Å². The highest BCUT2D eigenvalue weighted by molar-refractivity contribution is 6.07. The first kappa shape index (κ1) is 46.7. The maximum absolute atomic E-state index is 13.8. The number of anilines is 2. The second-order valence-corrected chi connectivity index (χ2v) is 14.4. The zero-order valence-electron chi connectivity index (χ0n) is 35.5. The third-order valence-corrected chi connectivity index (χ3v) is 9.57. The molecule has 64 heavy (non-hydrogen) atoms. The summed E-state index contributed by atoms with van der Waals surface area (Å²) in [6, 6.07) is 20.8. The first-order chi connectivity index (χ1) is 31.3. The van der Waals surface area contributed by atoms with Crippen LogP contribution in [0.15, 0.2) is 83.0 Å². The van der Waals surface area contributed by atoms with Crippen LogP contribution in [0.5, 0.6) is 17.2 Å². The number of amides is 3. The van der Waals surface area contributed by atoms with Crippen LogP contribution in [0.3, 0.4) is 0 Å². The van der Waals surface area contributed by atoms with Crippen LogP contribution in [0.4, 0.5) is 11.6 Å². The van der Waals surface area contributed by atoms with E-state index in [9.17, 15) is 14.4 Å². The molecule has 336 valence electrons. The first-order valence-electron chi connectivity index (χ1n) is 21.0. The number of rotatable bonds is 28. The summed E-state index contributed by atoms with van der Waals surface area (Å²) in [7, 11) is 0. The van der Waals surface area contributed by atoms with Gasteiger partial charge in [0.25, 0.3) is 11.8 Å². The van der Waals surface area contributed by atoms with Gasteiger partial charge in [-0.15, -0.1) is 12.3 Å². The number of nitrogens with zero attached hydrogens (tertiary/aromatic N) is 5. The molecular formula is C45H53N11O8. The van der Waals surface area contributed by atoms with E-state index >= 15 is 0 Å². The molecule has 5 aromatic rings. The standard InChI is InChI=1S/C45H53N11O8/c1-2-3-13-45(55-56-45)14-12-42(57)49-19-23-61-26-25-60-22-17-48-18-24-62-31-27-36(43(58)53-40-29-38(63-20-15-46)32-8-4-6-10-34(32)51-40)50-37(28-31)44(59)54-41-30-39(64-21-16-47)33-9-5-7-11-35(33)52-41/h1,4-11,27-30,48H,3,12-26,46-47H2,(H,49,57)(H,51,53,58)(H,52,54,59). The molecule has 1 aliphatic heterocycles. The number of nitrogens with one attached hydrogen (secondary N) is 4. The molecule has 0 radical (unpaired) electrons. The van der Waals surface area contributed by atoms with Crippen LogP contribution in [0.1, 0.15) is 46.7 Å². The molecule has 1 aliphatic rings. The Bertz CT molecular complexity index is 2310. The summed E-state index contributed by atoms with van der Waals surface area (Å²) in [6.07, 6.45) is 7.44. The van der Waals surface area contributed by atoms with Crippen molar-refractivity contribution >= 4 is 51.2 Å². The van der Waals surface area contributed by atoms with Gasteiger partial charge >= 0.3 is 0 Å². The van der Waals surface area contributed by atoms with Crippen LogP contribution in [-0.2, 0) is 14.3 Å². The second-order valence-electron chi connectivity index (χ2n) is 14.4. The van der Waals surface area contributed by atoms with Gasteiger partial charge in [-0.3, -0.25) is 14.4 Å². The van der Waals surface area contributed by atoms with E-state index < -0.39 is 17.5 Å². The molecule has 19 nitrogen and oxygen atoms in total. The lowest BCUT2D eigenvalue weighted by Gasteiger charge is -2.14. The van der Waals surface area contributed by atoms with Gasteiger partial charge in [0.05, 0.1) is 37.5 Å². The van der Waals surface area contributed by atoms with Crippen LogP contribution >= 0.6 is 0 Å². The molecular weight excluding hydrogens is 823 g/mol. The molecule has 0 fully saturated rings. The highest BCUT2D eigenvalue weighted by atomic mass is 16.5. The number of aromatic nitrogens is 3. The van der Waals surface area contributed by atoms with E-state index in [1.165, 1.54) is 12.1 Å². The molecule has 6 rings (SSSR count). The number of nitrogens with two attached hydrogens (primary N) is 2. The Labute approximate surface area is 370 Å². The van der Waals surface area contributed by atoms with E-state index in [-0.39, 0.29) is 54.5 Å². The van der Waals surface area contributed by atoms with Crippen molar-refractivity contribution in [1.29, 1.82) is 0 Å². The Hall–Kier alpha value is -6.82. The average molecular weight is 876 g/mol. The number of hydrogen-bond donors (Lipinski definition) is 6. The first-order valence-corrected chi connectivity index (χ1v) is 21.0. The Morgan fingerprint density at radius 1 is 0.641 bits per heavy atom. The van der Waals surface area contributed by atoms with E-state index in [0.717, 1.165) is 10.8 Å². The van der Waals surface area contributed by atoms with Crippen molar-refractivity contribution in [2.24, 2.45) is 21.7 Å². The van der Waals surface area contributed by atoms with Crippen molar-refractivity contribution in [2.75, 3.05) is 89.6 Å². The summed E-state index contributed by atoms with van der Waals surface area (Å²) in [5, 5.41) is 21.2. The van der Waals surface area contributed by atoms with Gasteiger partial charge in [-0.25, -0.2) is 15.0 Å². The van der Waals surface area contributed by atoms with Crippen molar-refractivity contribution in [2.45, 2.75) is 31.3 Å². The van der Waals surface area contributed by atoms with Crippen molar-refractivity contribution in [1.82, 2.24) is 25.6 Å². The molecule has 3 amide bonds. The van der Waals surface area contributed by atoms with Crippen molar-refractivity contribution in [3.8, 4) is 29.6 Å². The largest absolute Gasteiger partial charge is 0.492 e. The summed E-state index contributed by atoms with van der Waals surface area (Å²) >= 11 is 0. The van der Waals surface area contributed by atoms with E-state index in [1.54, 1.807) is 24.3 Å². The monoisotopic (exact) mass is 875 g/mol. The lowest BCUT2D eigenvalue weighted by Crippen LogP contribution is -2.29. The summed E-state index contributed by atoms with van der Waals surface area (Å²) in [4.78, 5) is 53.2. The summed E-state index contributed by atoms with van der Waals surface area (Å²) in [6.45, 7) is 4.21. The van der Waals surface area contributed by atoms with Gasteiger partial charge in [-0.1, -0.05) is 24.3 Å². The zero-order valence-corrected chi connectivity index (χ0v) is 35.5. The lowest BCUT2D eigenvalue weighted by atomic mass is 10.0. The van der Waals surface area contributed by atoms with Crippen LogP contribution in [0.2, 0.25) is 0 Å². The third kappa shape index (κ3) is 14.1. The van der Waals surface area contributed by atoms with Gasteiger partial charge < -0.3 is 56.4 Å². The van der Waals surface area contributed by atoms with Crippen molar-refractivity contribution in [3.63, 3.8) is 0 Å². The number of ether oxygens (including phenoxy) is 5. The zero-order chi connectivity index (χ0) is 45.0. The van der Waals surface area contributed by atoms with Gasteiger partial charge in [-0.2, -0.15) is 10.2 Å². The minimum absolute atomic E-state index is 0.0788. The van der Waals surface area contributed by atoms with Gasteiger partial charge in [-0.05, 0) is 24.3 Å². The average Bonchev–Trinajstić information content (AvgIpc) is 4.09. The van der Waals surface area contributed by atoms with Gasteiger partial charge in [0.15, 0.2) is 5.66 Å². The Kier molecular flexibility index (Phi) is 17.6. The molecule has 0 saturated heterocycles. The maximum Gasteiger partial charge on any atom is 0.275 e. The highest BCUT2D eigenvalue weighted by Crippen LogP contribution is 2.37. The minimum Gasteiger partial charge on any atom is -0.492 e. The Morgan fingerprint density at radius 3 is 1.73 bits per heavy atom. The molecule has 4 heterocycles. The number of fused-ring (bicyclic) bond motifs is 2. The number of carbonyl (C=O) groups is 3. The quantitative estimate of drug-likeness (QED) is 0.0308. The molecule has 8 N–H and O–H groups in total.